The Kier molecular flexibility index (Phi) is 5.07. The van der Waals surface area contributed by atoms with Crippen molar-refractivity contribution >= 4 is 29.1 Å². The molecule has 2 aromatic rings. The fourth-order valence-corrected chi connectivity index (χ4v) is 3.71. The van der Waals surface area contributed by atoms with Gasteiger partial charge in [-0.3, -0.25) is 19.4 Å². The van der Waals surface area contributed by atoms with E-state index in [9.17, 15) is 14.4 Å². The Morgan fingerprint density at radius 3 is 2.50 bits per heavy atom. The van der Waals surface area contributed by atoms with Crippen LogP contribution in [0.5, 0.6) is 0 Å². The molecule has 0 aromatic heterocycles. The van der Waals surface area contributed by atoms with Crippen molar-refractivity contribution in [1.82, 2.24) is 5.01 Å². The monoisotopic (exact) mass is 405 g/mol. The van der Waals surface area contributed by atoms with E-state index in [-0.39, 0.29) is 12.5 Å². The van der Waals surface area contributed by atoms with Gasteiger partial charge in [0.25, 0.3) is 11.8 Å². The van der Waals surface area contributed by atoms with Crippen LogP contribution in [0.25, 0.3) is 0 Å². The number of hydrogen-bond acceptors (Lipinski definition) is 6. The minimum atomic E-state index is -0.920. The maximum atomic E-state index is 13.0. The smallest absolute Gasteiger partial charge is 0.263 e. The van der Waals surface area contributed by atoms with Gasteiger partial charge in [0.2, 0.25) is 5.91 Å². The number of carbonyl (C=O) groups excluding carboxylic acids is 3. The molecule has 2 aliphatic rings. The predicted octanol–water partition coefficient (Wildman–Crippen LogP) is 2.80. The molecular weight excluding hydrogens is 382 g/mol. The number of rotatable bonds is 5. The number of imide groups is 1. The first-order valence-electron chi connectivity index (χ1n) is 9.91. The van der Waals surface area contributed by atoms with Crippen molar-refractivity contribution in [2.24, 2.45) is 10.3 Å². The third kappa shape index (κ3) is 3.34. The van der Waals surface area contributed by atoms with Gasteiger partial charge in [-0.25, -0.2) is 4.90 Å². The molecule has 8 heteroatoms. The number of fused-ring (bicyclic) bond motifs is 1. The normalized spacial score (nSPS) is 20.1. The summed E-state index contributed by atoms with van der Waals surface area (Å²) in [5, 5.41) is 12.0. The lowest BCUT2D eigenvalue weighted by molar-refractivity contribution is -0.123. The van der Waals surface area contributed by atoms with Crippen molar-refractivity contribution in [2.45, 2.75) is 39.3 Å². The van der Waals surface area contributed by atoms with Crippen molar-refractivity contribution < 1.29 is 14.4 Å². The Bertz CT molecular complexity index is 1050. The minimum Gasteiger partial charge on any atom is -0.324 e. The zero-order chi connectivity index (χ0) is 21.4. The van der Waals surface area contributed by atoms with E-state index in [1.165, 1.54) is 5.01 Å². The molecule has 0 aliphatic carbocycles. The topological polar surface area (TPSA) is 94.4 Å². The quantitative estimate of drug-likeness (QED) is 0.774. The van der Waals surface area contributed by atoms with Gasteiger partial charge in [0.1, 0.15) is 6.54 Å². The average molecular weight is 405 g/mol. The van der Waals surface area contributed by atoms with Crippen LogP contribution in [0.1, 0.15) is 23.6 Å². The largest absolute Gasteiger partial charge is 0.324 e. The molecule has 2 aliphatic heterocycles. The Morgan fingerprint density at radius 2 is 1.80 bits per heavy atom. The maximum Gasteiger partial charge on any atom is 0.263 e. The molecule has 1 saturated heterocycles. The predicted molar refractivity (Wildman–Crippen MR) is 112 cm³/mol. The van der Waals surface area contributed by atoms with Gasteiger partial charge < -0.3 is 5.32 Å². The molecule has 30 heavy (non-hydrogen) atoms. The van der Waals surface area contributed by atoms with Crippen LogP contribution in [-0.4, -0.2) is 41.4 Å². The highest BCUT2D eigenvalue weighted by molar-refractivity contribution is 6.25. The van der Waals surface area contributed by atoms with Crippen LogP contribution in [0.15, 0.2) is 52.8 Å². The summed E-state index contributed by atoms with van der Waals surface area (Å²) in [6, 6.07) is 11.1. The van der Waals surface area contributed by atoms with E-state index in [4.69, 9.17) is 0 Å². The fourth-order valence-electron chi connectivity index (χ4n) is 3.71. The van der Waals surface area contributed by atoms with E-state index in [1.807, 2.05) is 51.1 Å². The van der Waals surface area contributed by atoms with Crippen LogP contribution in [0.4, 0.5) is 11.4 Å². The van der Waals surface area contributed by atoms with E-state index in [0.29, 0.717) is 11.4 Å². The molecule has 154 valence electrons. The van der Waals surface area contributed by atoms with Crippen LogP contribution < -0.4 is 10.2 Å². The lowest BCUT2D eigenvalue weighted by atomic mass is 10.1. The highest BCUT2D eigenvalue weighted by Crippen LogP contribution is 2.32. The number of carbonyl (C=O) groups is 3. The fraction of sp³-hybridized carbons (Fsp3) is 0.318. The molecule has 1 fully saturated rings. The summed E-state index contributed by atoms with van der Waals surface area (Å²) >= 11 is 0. The van der Waals surface area contributed by atoms with Crippen LogP contribution >= 0.6 is 0 Å². The zero-order valence-corrected chi connectivity index (χ0v) is 17.1. The summed E-state index contributed by atoms with van der Waals surface area (Å²) < 4.78 is 0. The van der Waals surface area contributed by atoms with Gasteiger partial charge in [0, 0.05) is 5.69 Å². The number of nitrogens with one attached hydrogen (secondary N) is 1. The van der Waals surface area contributed by atoms with E-state index in [1.54, 1.807) is 12.1 Å². The maximum absolute atomic E-state index is 13.0. The average Bonchev–Trinajstić information content (AvgIpc) is 3.25. The third-order valence-electron chi connectivity index (χ3n) is 5.65. The Labute approximate surface area is 174 Å². The molecule has 8 nitrogen and oxygen atoms in total. The number of hydrogen-bond donors (Lipinski definition) is 1. The molecule has 0 spiro atoms. The number of benzene rings is 2. The lowest BCUT2D eigenvalue weighted by Gasteiger charge is -2.20. The molecule has 2 aromatic carbocycles. The van der Waals surface area contributed by atoms with Gasteiger partial charge in [-0.15, -0.1) is 0 Å². The standard InChI is InChI=1S/C22H23N5O3/c1-4-15-8-10-16(11-9-15)27-21(29)19-20(22(27)30)26(25-24-19)12-18(28)23-17-7-5-6-13(2)14(17)3/h5-11,19-20H,4,12H2,1-3H3,(H,23,28)/t19-,20+/m1/s1. The van der Waals surface area contributed by atoms with Gasteiger partial charge in [-0.1, -0.05) is 36.4 Å². The number of amides is 3. The summed E-state index contributed by atoms with van der Waals surface area (Å²) in [6.45, 7) is 5.76. The summed E-state index contributed by atoms with van der Waals surface area (Å²) in [5.41, 5.74) is 4.36. The van der Waals surface area contributed by atoms with E-state index in [2.05, 4.69) is 15.7 Å². The van der Waals surface area contributed by atoms with Gasteiger partial charge in [0.15, 0.2) is 12.1 Å². The van der Waals surface area contributed by atoms with Gasteiger partial charge in [-0.2, -0.15) is 5.11 Å². The van der Waals surface area contributed by atoms with E-state index >= 15 is 0 Å². The summed E-state index contributed by atoms with van der Waals surface area (Å²) in [6.07, 6.45) is 0.866. The van der Waals surface area contributed by atoms with Gasteiger partial charge >= 0.3 is 0 Å². The Hall–Kier alpha value is -3.55. The Balaban J connectivity index is 1.49. The molecule has 0 radical (unpaired) electrons. The van der Waals surface area contributed by atoms with Crippen molar-refractivity contribution in [1.29, 1.82) is 0 Å². The molecule has 2 atom stereocenters. The number of anilines is 2. The Morgan fingerprint density at radius 1 is 1.07 bits per heavy atom. The van der Waals surface area contributed by atoms with Crippen LogP contribution in [0.2, 0.25) is 0 Å². The molecular formula is C22H23N5O3. The molecule has 1 N–H and O–H groups in total. The molecule has 0 saturated carbocycles. The molecule has 4 rings (SSSR count). The SMILES string of the molecule is CCc1ccc(N2C(=O)[C@@H]3[C@@H](N=NN3CC(=O)Nc3cccc(C)c3C)C2=O)cc1. The third-order valence-corrected chi connectivity index (χ3v) is 5.65. The first kappa shape index (κ1) is 19.8. The lowest BCUT2D eigenvalue weighted by Crippen LogP contribution is -2.43. The van der Waals surface area contributed by atoms with E-state index < -0.39 is 23.9 Å². The number of aryl methyl sites for hydroxylation is 2. The van der Waals surface area contributed by atoms with Crippen LogP contribution in [0, 0.1) is 13.8 Å². The van der Waals surface area contributed by atoms with E-state index in [0.717, 1.165) is 28.0 Å². The summed E-state index contributed by atoms with van der Waals surface area (Å²) in [5.74, 6) is -1.16. The van der Waals surface area contributed by atoms with Gasteiger partial charge in [-0.05, 0) is 55.2 Å². The summed E-state index contributed by atoms with van der Waals surface area (Å²) in [4.78, 5) is 39.5. The zero-order valence-electron chi connectivity index (χ0n) is 17.1. The van der Waals surface area contributed by atoms with Crippen molar-refractivity contribution in [3.8, 4) is 0 Å². The second kappa shape index (κ2) is 7.70. The van der Waals surface area contributed by atoms with Crippen LogP contribution in [0.3, 0.4) is 0 Å². The van der Waals surface area contributed by atoms with Crippen molar-refractivity contribution in [3.05, 3.63) is 59.2 Å². The molecule has 2 heterocycles. The number of nitrogens with zero attached hydrogens (tertiary/aromatic N) is 4. The molecule has 0 bridgehead atoms. The summed E-state index contributed by atoms with van der Waals surface area (Å²) in [7, 11) is 0. The molecule has 3 amide bonds. The minimum absolute atomic E-state index is 0.167. The first-order chi connectivity index (χ1) is 14.4. The van der Waals surface area contributed by atoms with Gasteiger partial charge in [0.05, 0.1) is 5.69 Å². The second-order valence-corrected chi connectivity index (χ2v) is 7.52. The van der Waals surface area contributed by atoms with Crippen molar-refractivity contribution in [2.75, 3.05) is 16.8 Å². The first-order valence-corrected chi connectivity index (χ1v) is 9.91. The second-order valence-electron chi connectivity index (χ2n) is 7.52. The van der Waals surface area contributed by atoms with Crippen molar-refractivity contribution in [3.63, 3.8) is 0 Å². The highest BCUT2D eigenvalue weighted by atomic mass is 16.2. The molecule has 0 unspecified atom stereocenters. The highest BCUT2D eigenvalue weighted by Gasteiger charge is 2.55. The van der Waals surface area contributed by atoms with Crippen LogP contribution in [-0.2, 0) is 20.8 Å².